The summed E-state index contributed by atoms with van der Waals surface area (Å²) in [6.45, 7) is 17.0. The Labute approximate surface area is 193 Å². The van der Waals surface area contributed by atoms with E-state index in [2.05, 4.69) is 65.7 Å². The van der Waals surface area contributed by atoms with Crippen LogP contribution in [-0.4, -0.2) is 60.9 Å². The van der Waals surface area contributed by atoms with Crippen LogP contribution in [0.5, 0.6) is 0 Å². The highest BCUT2D eigenvalue weighted by Gasteiger charge is 2.23. The van der Waals surface area contributed by atoms with Crippen LogP contribution >= 0.6 is 0 Å². The molecule has 1 aromatic rings. The zero-order valence-electron chi connectivity index (χ0n) is 20.9. The summed E-state index contributed by atoms with van der Waals surface area (Å²) in [6, 6.07) is 4.46. The molecule has 3 N–H and O–H groups in total. The van der Waals surface area contributed by atoms with Crippen LogP contribution in [0.2, 0.25) is 0 Å². The largest absolute Gasteiger partial charge is 0.444 e. The highest BCUT2D eigenvalue weighted by atomic mass is 16.6. The molecular formula is C24H42N6O2. The van der Waals surface area contributed by atoms with Crippen molar-refractivity contribution in [2.24, 2.45) is 10.9 Å². The topological polar surface area (TPSA) is 90.9 Å². The molecule has 1 aromatic heterocycles. The average molecular weight is 447 g/mol. The fraction of sp³-hybridized carbons (Fsp3) is 0.708. The molecule has 1 amide bonds. The molecule has 8 heteroatoms. The van der Waals surface area contributed by atoms with Crippen molar-refractivity contribution in [2.75, 3.05) is 31.1 Å². The van der Waals surface area contributed by atoms with Crippen molar-refractivity contribution in [1.29, 1.82) is 0 Å². The van der Waals surface area contributed by atoms with Gasteiger partial charge in [0.1, 0.15) is 11.4 Å². The first kappa shape index (κ1) is 25.7. The molecule has 1 aliphatic rings. The van der Waals surface area contributed by atoms with Crippen molar-refractivity contribution in [3.8, 4) is 0 Å². The van der Waals surface area contributed by atoms with E-state index < -0.39 is 11.7 Å². The van der Waals surface area contributed by atoms with Gasteiger partial charge in [0, 0.05) is 31.9 Å². The van der Waals surface area contributed by atoms with E-state index in [-0.39, 0.29) is 12.0 Å². The molecular weight excluding hydrogens is 404 g/mol. The van der Waals surface area contributed by atoms with E-state index in [1.165, 1.54) is 5.56 Å². The standard InChI is InChI=1S/C24H42N6O2/c1-8-25-22(27-16-20(17(2)3)29-23(31)32-24(5,6)7)28-19-11-13-30(14-12-19)21-10-9-18(4)15-26-21/h9-10,15,17,19-20H,8,11-14,16H2,1-7H3,(H,29,31)(H2,25,27,28). The van der Waals surface area contributed by atoms with Crippen molar-refractivity contribution in [1.82, 2.24) is 20.9 Å². The molecule has 2 heterocycles. The number of anilines is 1. The Morgan fingerprint density at radius 3 is 2.50 bits per heavy atom. The van der Waals surface area contributed by atoms with Crippen LogP contribution < -0.4 is 20.9 Å². The molecule has 1 fully saturated rings. The van der Waals surface area contributed by atoms with Crippen molar-refractivity contribution >= 4 is 17.9 Å². The Kier molecular flexibility index (Phi) is 9.60. The first-order valence-electron chi connectivity index (χ1n) is 11.8. The predicted octanol–water partition coefficient (Wildman–Crippen LogP) is 3.46. The fourth-order valence-corrected chi connectivity index (χ4v) is 3.49. The van der Waals surface area contributed by atoms with Gasteiger partial charge in [-0.25, -0.2) is 9.78 Å². The molecule has 0 aromatic carbocycles. The molecule has 1 unspecified atom stereocenters. The first-order chi connectivity index (χ1) is 15.1. The summed E-state index contributed by atoms with van der Waals surface area (Å²) >= 11 is 0. The lowest BCUT2D eigenvalue weighted by atomic mass is 10.0. The fourth-order valence-electron chi connectivity index (χ4n) is 3.49. The SMILES string of the molecule is CCNC(=NCC(NC(=O)OC(C)(C)C)C(C)C)NC1CCN(c2ccc(C)cn2)CC1. The third kappa shape index (κ3) is 8.93. The Morgan fingerprint density at radius 2 is 1.97 bits per heavy atom. The number of carbonyl (C=O) groups is 1. The Bertz CT molecular complexity index is 734. The molecule has 1 aliphatic heterocycles. The Hall–Kier alpha value is -2.51. The van der Waals surface area contributed by atoms with Crippen LogP contribution in [0, 0.1) is 12.8 Å². The minimum Gasteiger partial charge on any atom is -0.444 e. The summed E-state index contributed by atoms with van der Waals surface area (Å²) in [7, 11) is 0. The zero-order valence-corrected chi connectivity index (χ0v) is 20.9. The number of nitrogens with zero attached hydrogens (tertiary/aromatic N) is 3. The minimum atomic E-state index is -0.520. The third-order valence-corrected chi connectivity index (χ3v) is 5.35. The number of amides is 1. The van der Waals surface area contributed by atoms with E-state index in [4.69, 9.17) is 9.73 Å². The zero-order chi connectivity index (χ0) is 23.7. The molecule has 1 atom stereocenters. The summed E-state index contributed by atoms with van der Waals surface area (Å²) in [5.74, 6) is 2.07. The van der Waals surface area contributed by atoms with Gasteiger partial charge in [-0.05, 0) is 65.0 Å². The minimum absolute atomic E-state index is 0.102. The van der Waals surface area contributed by atoms with Gasteiger partial charge >= 0.3 is 6.09 Å². The molecule has 0 aliphatic carbocycles. The lowest BCUT2D eigenvalue weighted by molar-refractivity contribution is 0.0493. The number of nitrogens with one attached hydrogen (secondary N) is 3. The number of hydrogen-bond acceptors (Lipinski definition) is 5. The van der Waals surface area contributed by atoms with Gasteiger partial charge in [0.2, 0.25) is 0 Å². The lowest BCUT2D eigenvalue weighted by Gasteiger charge is -2.34. The first-order valence-corrected chi connectivity index (χ1v) is 11.8. The summed E-state index contributed by atoms with van der Waals surface area (Å²) in [4.78, 5) is 23.9. The van der Waals surface area contributed by atoms with Gasteiger partial charge in [0.25, 0.3) is 0 Å². The van der Waals surface area contributed by atoms with E-state index in [0.717, 1.165) is 44.3 Å². The number of guanidine groups is 1. The molecule has 8 nitrogen and oxygen atoms in total. The number of alkyl carbamates (subject to hydrolysis) is 1. The molecule has 0 spiro atoms. The normalized spacial score (nSPS) is 16.6. The number of pyridine rings is 1. The van der Waals surface area contributed by atoms with Gasteiger partial charge < -0.3 is 25.6 Å². The Balaban J connectivity index is 1.91. The van der Waals surface area contributed by atoms with Gasteiger partial charge in [0.15, 0.2) is 5.96 Å². The van der Waals surface area contributed by atoms with E-state index in [1.807, 2.05) is 27.0 Å². The predicted molar refractivity (Wildman–Crippen MR) is 131 cm³/mol. The van der Waals surface area contributed by atoms with E-state index in [1.54, 1.807) is 0 Å². The summed E-state index contributed by atoms with van der Waals surface area (Å²) in [6.07, 6.45) is 3.56. The number of aryl methyl sites for hydroxylation is 1. The molecule has 0 bridgehead atoms. The van der Waals surface area contributed by atoms with Crippen LogP contribution in [0.15, 0.2) is 23.3 Å². The highest BCUT2D eigenvalue weighted by Crippen LogP contribution is 2.18. The van der Waals surface area contributed by atoms with Gasteiger partial charge in [-0.1, -0.05) is 19.9 Å². The molecule has 1 saturated heterocycles. The number of rotatable bonds is 7. The maximum Gasteiger partial charge on any atom is 0.407 e. The lowest BCUT2D eigenvalue weighted by Crippen LogP contribution is -2.49. The number of piperidine rings is 1. The second-order valence-electron chi connectivity index (χ2n) is 9.82. The molecule has 2 rings (SSSR count). The van der Waals surface area contributed by atoms with Crippen molar-refractivity contribution in [3.05, 3.63) is 23.9 Å². The Morgan fingerprint density at radius 1 is 1.28 bits per heavy atom. The number of ether oxygens (including phenoxy) is 1. The van der Waals surface area contributed by atoms with Gasteiger partial charge in [-0.3, -0.25) is 4.99 Å². The average Bonchev–Trinajstić information content (AvgIpc) is 2.71. The smallest absolute Gasteiger partial charge is 0.407 e. The summed E-state index contributed by atoms with van der Waals surface area (Å²) in [5, 5.41) is 9.87. The molecule has 0 saturated carbocycles. The van der Waals surface area contributed by atoms with Gasteiger partial charge in [-0.15, -0.1) is 0 Å². The van der Waals surface area contributed by atoms with Crippen molar-refractivity contribution in [2.45, 2.75) is 79.0 Å². The second kappa shape index (κ2) is 11.9. The van der Waals surface area contributed by atoms with Crippen LogP contribution in [-0.2, 0) is 4.74 Å². The maximum absolute atomic E-state index is 12.2. The van der Waals surface area contributed by atoms with Crippen LogP contribution in [0.1, 0.15) is 59.9 Å². The van der Waals surface area contributed by atoms with E-state index >= 15 is 0 Å². The summed E-state index contributed by atoms with van der Waals surface area (Å²) < 4.78 is 5.41. The number of aliphatic imine (C=N–C) groups is 1. The van der Waals surface area contributed by atoms with Crippen molar-refractivity contribution < 1.29 is 9.53 Å². The highest BCUT2D eigenvalue weighted by molar-refractivity contribution is 5.80. The number of hydrogen-bond donors (Lipinski definition) is 3. The summed E-state index contributed by atoms with van der Waals surface area (Å²) in [5.41, 5.74) is 0.659. The van der Waals surface area contributed by atoms with Crippen LogP contribution in [0.25, 0.3) is 0 Å². The molecule has 0 radical (unpaired) electrons. The van der Waals surface area contributed by atoms with Gasteiger partial charge in [-0.2, -0.15) is 0 Å². The van der Waals surface area contributed by atoms with Crippen LogP contribution in [0.3, 0.4) is 0 Å². The maximum atomic E-state index is 12.2. The number of carbonyl (C=O) groups excluding carboxylic acids is 1. The van der Waals surface area contributed by atoms with Crippen molar-refractivity contribution in [3.63, 3.8) is 0 Å². The van der Waals surface area contributed by atoms with E-state index in [0.29, 0.717) is 12.6 Å². The van der Waals surface area contributed by atoms with E-state index in [9.17, 15) is 4.79 Å². The quantitative estimate of drug-likeness (QED) is 0.439. The monoisotopic (exact) mass is 446 g/mol. The molecule has 32 heavy (non-hydrogen) atoms. The van der Waals surface area contributed by atoms with Gasteiger partial charge in [0.05, 0.1) is 12.6 Å². The molecule has 180 valence electrons. The number of aromatic nitrogens is 1. The second-order valence-corrected chi connectivity index (χ2v) is 9.82. The van der Waals surface area contributed by atoms with Crippen LogP contribution in [0.4, 0.5) is 10.6 Å². The third-order valence-electron chi connectivity index (χ3n) is 5.35.